The molecule has 0 aliphatic heterocycles. The highest BCUT2D eigenvalue weighted by atomic mass is 32.1. The summed E-state index contributed by atoms with van der Waals surface area (Å²) >= 11 is 4.64. The predicted molar refractivity (Wildman–Crippen MR) is 103 cm³/mol. The highest BCUT2D eigenvalue weighted by molar-refractivity contribution is 7.80. The molecule has 0 heterocycles. The Kier molecular flexibility index (Phi) is 9.01. The van der Waals surface area contributed by atoms with Crippen molar-refractivity contribution < 1.29 is 41.8 Å². The minimum atomic E-state index is -4.70. The molecule has 0 aliphatic rings. The molecule has 0 saturated carbocycles. The van der Waals surface area contributed by atoms with Crippen molar-refractivity contribution in [3.05, 3.63) is 29.8 Å². The van der Waals surface area contributed by atoms with E-state index < -0.39 is 47.0 Å². The number of hydrazone groups is 1. The summed E-state index contributed by atoms with van der Waals surface area (Å²) in [4.78, 5) is 49.0. The third-order valence-electron chi connectivity index (χ3n) is 3.45. The molecule has 1 unspecified atom stereocenters. The maximum Gasteiger partial charge on any atom is 0.416 e. The number of halogens is 3. The van der Waals surface area contributed by atoms with Gasteiger partial charge in [-0.1, -0.05) is 6.07 Å². The van der Waals surface area contributed by atoms with Crippen LogP contribution in [0.15, 0.2) is 29.4 Å². The first-order valence-corrected chi connectivity index (χ1v) is 8.39. The first kappa shape index (κ1) is 25.4. The van der Waals surface area contributed by atoms with Gasteiger partial charge >= 0.3 is 18.1 Å². The van der Waals surface area contributed by atoms with Crippen LogP contribution in [0.1, 0.15) is 5.56 Å². The van der Waals surface area contributed by atoms with Gasteiger partial charge in [-0.25, -0.2) is 10.6 Å². The molecule has 1 aromatic rings. The number of ether oxygens (including phenoxy) is 2. The lowest BCUT2D eigenvalue weighted by atomic mass is 9.97. The van der Waals surface area contributed by atoms with Gasteiger partial charge in [0, 0.05) is 5.69 Å². The lowest BCUT2D eigenvalue weighted by Gasteiger charge is -2.15. The van der Waals surface area contributed by atoms with Gasteiger partial charge in [0.2, 0.25) is 10.9 Å². The molecule has 0 aromatic heterocycles. The third-order valence-corrected chi connectivity index (χ3v) is 3.66. The molecule has 0 bridgehead atoms. The van der Waals surface area contributed by atoms with Crippen LogP contribution >= 0.6 is 12.2 Å². The van der Waals surface area contributed by atoms with Crippen molar-refractivity contribution in [1.29, 1.82) is 0 Å². The number of carbonyl (C=O) groups is 4. The summed E-state index contributed by atoms with van der Waals surface area (Å²) in [5, 5.41) is 5.04. The molecular weight excluding hydrogens is 447 g/mol. The zero-order valence-corrected chi connectivity index (χ0v) is 16.7. The summed E-state index contributed by atoms with van der Waals surface area (Å²) in [5.41, 5.74) is 1.59. The fraction of sp³-hybridized carbons (Fsp3) is 0.250. The number of methoxy groups -OCH3 is 2. The molecule has 31 heavy (non-hydrogen) atoms. The summed E-state index contributed by atoms with van der Waals surface area (Å²) in [6, 6.07) is 3.39. The molecule has 1 atom stereocenters. The van der Waals surface area contributed by atoms with Crippen molar-refractivity contribution in [2.75, 3.05) is 19.5 Å². The minimum Gasteiger partial charge on any atom is -0.468 e. The first-order valence-electron chi connectivity index (χ1n) is 7.99. The molecule has 0 aliphatic carbocycles. The SMILES string of the molecule is COC(=O)/C(=N\NC(=S)NN)C(C(=O)OC)C(=O)C(=O)Nc1cccc(C(F)(F)F)c1. The van der Waals surface area contributed by atoms with Gasteiger partial charge < -0.3 is 14.8 Å². The second kappa shape index (κ2) is 11.0. The van der Waals surface area contributed by atoms with Crippen LogP contribution in [-0.2, 0) is 34.8 Å². The van der Waals surface area contributed by atoms with E-state index in [0.29, 0.717) is 6.07 Å². The summed E-state index contributed by atoms with van der Waals surface area (Å²) < 4.78 is 47.3. The number of alkyl halides is 3. The Hall–Kier alpha value is -3.59. The van der Waals surface area contributed by atoms with Crippen LogP contribution in [0, 0.1) is 5.92 Å². The van der Waals surface area contributed by atoms with Crippen molar-refractivity contribution in [2.45, 2.75) is 6.18 Å². The Bertz CT molecular complexity index is 921. The standard InChI is InChI=1S/C16H16F3N5O6S/c1-29-13(27)9(10(14(28)30-2)23-24-15(31)22-20)11(25)12(26)21-8-5-3-4-7(6-8)16(17,18)19/h3-6,9H,20H2,1-2H3,(H,21,26)(H2,22,24,31)/b23-10-. The van der Waals surface area contributed by atoms with Gasteiger partial charge in [-0.3, -0.25) is 25.2 Å². The summed E-state index contributed by atoms with van der Waals surface area (Å²) in [6.07, 6.45) is -4.70. The molecule has 0 fully saturated rings. The van der Waals surface area contributed by atoms with Crippen LogP contribution in [0.2, 0.25) is 0 Å². The molecule has 1 amide bonds. The lowest BCUT2D eigenvalue weighted by molar-refractivity contribution is -0.150. The number of Topliss-reactive ketones (excluding diaryl/α,β-unsaturated/α-hetero) is 1. The number of thiocarbonyl (C=S) groups is 1. The van der Waals surface area contributed by atoms with Crippen molar-refractivity contribution in [1.82, 2.24) is 10.9 Å². The maximum atomic E-state index is 12.8. The van der Waals surface area contributed by atoms with Crippen molar-refractivity contribution >= 4 is 52.4 Å². The van der Waals surface area contributed by atoms with E-state index in [1.165, 1.54) is 0 Å². The molecule has 15 heteroatoms. The van der Waals surface area contributed by atoms with Crippen LogP contribution in [0.3, 0.4) is 0 Å². The summed E-state index contributed by atoms with van der Waals surface area (Å²) in [5.74, 6) is -2.97. The fourth-order valence-electron chi connectivity index (χ4n) is 2.03. The van der Waals surface area contributed by atoms with Gasteiger partial charge in [-0.05, 0) is 30.4 Å². The van der Waals surface area contributed by atoms with Crippen molar-refractivity contribution in [2.24, 2.45) is 16.9 Å². The number of benzene rings is 1. The normalized spacial score (nSPS) is 12.3. The minimum absolute atomic E-state index is 0.328. The number of rotatable bonds is 7. The van der Waals surface area contributed by atoms with Crippen LogP contribution in [0.25, 0.3) is 0 Å². The lowest BCUT2D eigenvalue weighted by Crippen LogP contribution is -2.45. The van der Waals surface area contributed by atoms with Crippen LogP contribution in [0.4, 0.5) is 18.9 Å². The number of nitrogens with one attached hydrogen (secondary N) is 3. The highest BCUT2D eigenvalue weighted by Crippen LogP contribution is 2.30. The number of amides is 1. The van der Waals surface area contributed by atoms with Crippen LogP contribution in [0.5, 0.6) is 0 Å². The van der Waals surface area contributed by atoms with E-state index in [1.54, 1.807) is 0 Å². The van der Waals surface area contributed by atoms with Gasteiger partial charge in [-0.15, -0.1) is 0 Å². The molecule has 1 rings (SSSR count). The number of hydrogen-bond donors (Lipinski definition) is 4. The summed E-state index contributed by atoms with van der Waals surface area (Å²) in [6.45, 7) is 0. The van der Waals surface area contributed by atoms with E-state index in [4.69, 9.17) is 5.84 Å². The molecule has 5 N–H and O–H groups in total. The fourth-order valence-corrected chi connectivity index (χ4v) is 2.08. The predicted octanol–water partition coefficient (Wildman–Crippen LogP) is -0.131. The number of nitrogens with two attached hydrogens (primary N) is 1. The van der Waals surface area contributed by atoms with Gasteiger partial charge in [-0.2, -0.15) is 18.3 Å². The largest absolute Gasteiger partial charge is 0.468 e. The van der Waals surface area contributed by atoms with Gasteiger partial charge in [0.15, 0.2) is 11.6 Å². The number of esters is 2. The Morgan fingerprint density at radius 2 is 1.81 bits per heavy atom. The Morgan fingerprint density at radius 1 is 1.16 bits per heavy atom. The smallest absolute Gasteiger partial charge is 0.416 e. The van der Waals surface area contributed by atoms with Crippen molar-refractivity contribution in [3.63, 3.8) is 0 Å². The monoisotopic (exact) mass is 463 g/mol. The highest BCUT2D eigenvalue weighted by Gasteiger charge is 2.41. The molecule has 0 radical (unpaired) electrons. The second-order valence-electron chi connectivity index (χ2n) is 5.43. The molecular formula is C16H16F3N5O6S. The van der Waals surface area contributed by atoms with Gasteiger partial charge in [0.1, 0.15) is 0 Å². The summed E-state index contributed by atoms with van der Waals surface area (Å²) in [7, 11) is 1.76. The topological polar surface area (TPSA) is 161 Å². The molecule has 0 spiro atoms. The number of hydrogen-bond acceptors (Lipinski definition) is 9. The van der Waals surface area contributed by atoms with E-state index >= 15 is 0 Å². The third kappa shape index (κ3) is 7.00. The second-order valence-corrected chi connectivity index (χ2v) is 5.84. The zero-order valence-electron chi connectivity index (χ0n) is 15.9. The number of nitrogens with zero attached hydrogens (tertiary/aromatic N) is 1. The number of hydrazine groups is 1. The Balaban J connectivity index is 3.27. The average Bonchev–Trinajstić information content (AvgIpc) is 2.74. The van der Waals surface area contributed by atoms with E-state index in [0.717, 1.165) is 32.4 Å². The van der Waals surface area contributed by atoms with E-state index in [1.807, 2.05) is 16.2 Å². The Labute approximate surface area is 178 Å². The van der Waals surface area contributed by atoms with Crippen LogP contribution < -0.4 is 22.0 Å². The van der Waals surface area contributed by atoms with Crippen molar-refractivity contribution in [3.8, 4) is 0 Å². The van der Waals surface area contributed by atoms with E-state index in [9.17, 15) is 32.3 Å². The Morgan fingerprint density at radius 3 is 2.32 bits per heavy atom. The van der Waals surface area contributed by atoms with E-state index in [2.05, 4.69) is 26.8 Å². The average molecular weight is 463 g/mol. The first-order chi connectivity index (χ1) is 14.5. The van der Waals surface area contributed by atoms with E-state index in [-0.39, 0.29) is 10.8 Å². The quantitative estimate of drug-likeness (QED) is 0.0815. The molecule has 168 valence electrons. The molecule has 0 saturated heterocycles. The van der Waals surface area contributed by atoms with Gasteiger partial charge in [0.25, 0.3) is 5.91 Å². The molecule has 11 nitrogen and oxygen atoms in total. The molecule has 1 aromatic carbocycles. The van der Waals surface area contributed by atoms with Gasteiger partial charge in [0.05, 0.1) is 19.8 Å². The van der Waals surface area contributed by atoms with Crippen LogP contribution in [-0.4, -0.2) is 48.7 Å². The number of ketones is 1. The number of carbonyl (C=O) groups excluding carboxylic acids is 4. The zero-order chi connectivity index (χ0) is 23.8. The maximum absolute atomic E-state index is 12.8. The number of anilines is 1.